The summed E-state index contributed by atoms with van der Waals surface area (Å²) >= 11 is 0. The molecular weight excluding hydrogens is 223 g/mol. The molecule has 1 aromatic rings. The van der Waals surface area contributed by atoms with Crippen molar-refractivity contribution in [3.8, 4) is 5.75 Å². The van der Waals surface area contributed by atoms with Crippen LogP contribution in [0.4, 0.5) is 13.2 Å². The predicted octanol–water partition coefficient (Wildman–Crippen LogP) is 2.55. The predicted molar refractivity (Wildman–Crippen MR) is 49.8 cm³/mol. The molecule has 0 fully saturated rings. The highest BCUT2D eigenvalue weighted by atomic mass is 19.4. The van der Waals surface area contributed by atoms with Gasteiger partial charge in [0.1, 0.15) is 5.75 Å². The molecule has 0 radical (unpaired) electrons. The summed E-state index contributed by atoms with van der Waals surface area (Å²) < 4.78 is 42.3. The van der Waals surface area contributed by atoms with Crippen LogP contribution >= 0.6 is 0 Å². The number of nitrogens with zero attached hydrogens (tertiary/aromatic N) is 1. The molecule has 86 valence electrons. The highest BCUT2D eigenvalue weighted by molar-refractivity contribution is 5.40. The van der Waals surface area contributed by atoms with E-state index in [0.29, 0.717) is 0 Å². The molecule has 1 rings (SSSR count). The average Bonchev–Trinajstić information content (AvgIpc) is 2.24. The van der Waals surface area contributed by atoms with E-state index >= 15 is 0 Å². The zero-order chi connectivity index (χ0) is 12.2. The maximum absolute atomic E-state index is 12.5. The SMILES string of the molecule is COc1ccc(CN=C=O)cc1C(F)(F)F. The van der Waals surface area contributed by atoms with Crippen LogP contribution in [0.3, 0.4) is 0 Å². The van der Waals surface area contributed by atoms with Crippen molar-refractivity contribution in [2.75, 3.05) is 7.11 Å². The van der Waals surface area contributed by atoms with Gasteiger partial charge in [-0.25, -0.2) is 9.79 Å². The molecular formula is C10H8F3NO2. The monoisotopic (exact) mass is 231 g/mol. The fourth-order valence-electron chi connectivity index (χ4n) is 1.20. The summed E-state index contributed by atoms with van der Waals surface area (Å²) in [7, 11) is 1.16. The maximum Gasteiger partial charge on any atom is 0.419 e. The van der Waals surface area contributed by atoms with Gasteiger partial charge >= 0.3 is 6.18 Å². The van der Waals surface area contributed by atoms with Crippen LogP contribution in [0.5, 0.6) is 5.75 Å². The molecule has 0 amide bonds. The molecule has 0 unspecified atom stereocenters. The van der Waals surface area contributed by atoms with E-state index in [-0.39, 0.29) is 17.9 Å². The van der Waals surface area contributed by atoms with Gasteiger partial charge in [-0.1, -0.05) is 6.07 Å². The molecule has 16 heavy (non-hydrogen) atoms. The maximum atomic E-state index is 12.5. The summed E-state index contributed by atoms with van der Waals surface area (Å²) in [5.41, 5.74) is -0.606. The van der Waals surface area contributed by atoms with Gasteiger partial charge in [-0.15, -0.1) is 0 Å². The molecule has 6 heteroatoms. The van der Waals surface area contributed by atoms with Crippen molar-refractivity contribution in [3.63, 3.8) is 0 Å². The van der Waals surface area contributed by atoms with Crippen molar-refractivity contribution in [2.45, 2.75) is 12.7 Å². The minimum absolute atomic E-state index is 0.128. The molecule has 0 aromatic heterocycles. The van der Waals surface area contributed by atoms with E-state index in [2.05, 4.69) is 9.73 Å². The topological polar surface area (TPSA) is 38.7 Å². The van der Waals surface area contributed by atoms with Crippen molar-refractivity contribution < 1.29 is 22.7 Å². The largest absolute Gasteiger partial charge is 0.496 e. The molecule has 1 aromatic carbocycles. The fourth-order valence-corrected chi connectivity index (χ4v) is 1.20. The van der Waals surface area contributed by atoms with E-state index < -0.39 is 11.7 Å². The lowest BCUT2D eigenvalue weighted by molar-refractivity contribution is -0.138. The number of hydrogen-bond acceptors (Lipinski definition) is 3. The number of carbonyl (C=O) groups excluding carboxylic acids is 1. The second-order valence-corrected chi connectivity index (χ2v) is 2.94. The van der Waals surface area contributed by atoms with Crippen LogP contribution in [-0.2, 0) is 17.5 Å². The Morgan fingerprint density at radius 2 is 2.12 bits per heavy atom. The van der Waals surface area contributed by atoms with Crippen LogP contribution in [-0.4, -0.2) is 13.2 Å². The molecule has 0 saturated heterocycles. The van der Waals surface area contributed by atoms with Gasteiger partial charge in [0, 0.05) is 0 Å². The first-order chi connectivity index (χ1) is 7.49. The summed E-state index contributed by atoms with van der Waals surface area (Å²) in [5.74, 6) is -0.258. The fraction of sp³-hybridized carbons (Fsp3) is 0.300. The molecule has 0 saturated carbocycles. The normalized spacial score (nSPS) is 10.8. The molecule has 0 atom stereocenters. The van der Waals surface area contributed by atoms with Gasteiger partial charge in [-0.2, -0.15) is 13.2 Å². The Bertz CT molecular complexity index is 423. The lowest BCUT2D eigenvalue weighted by Gasteiger charge is -2.12. The zero-order valence-corrected chi connectivity index (χ0v) is 8.34. The Morgan fingerprint density at radius 3 is 2.62 bits per heavy atom. The smallest absolute Gasteiger partial charge is 0.419 e. The third-order valence-electron chi connectivity index (χ3n) is 1.90. The van der Waals surface area contributed by atoms with E-state index in [1.165, 1.54) is 18.2 Å². The van der Waals surface area contributed by atoms with Crippen LogP contribution in [0.25, 0.3) is 0 Å². The van der Waals surface area contributed by atoms with Crippen molar-refractivity contribution in [2.24, 2.45) is 4.99 Å². The van der Waals surface area contributed by atoms with Gasteiger partial charge in [0.05, 0.1) is 19.2 Å². The molecule has 0 N–H and O–H groups in total. The summed E-state index contributed by atoms with van der Waals surface area (Å²) in [6.07, 6.45) is -3.23. The third-order valence-corrected chi connectivity index (χ3v) is 1.90. The van der Waals surface area contributed by atoms with Crippen LogP contribution in [0.2, 0.25) is 0 Å². The van der Waals surface area contributed by atoms with E-state index in [0.717, 1.165) is 13.2 Å². The van der Waals surface area contributed by atoms with Gasteiger partial charge in [0.25, 0.3) is 0 Å². The van der Waals surface area contributed by atoms with Crippen molar-refractivity contribution in [1.29, 1.82) is 0 Å². The van der Waals surface area contributed by atoms with Gasteiger partial charge in [0.2, 0.25) is 6.08 Å². The number of hydrogen-bond donors (Lipinski definition) is 0. The van der Waals surface area contributed by atoms with Gasteiger partial charge in [-0.05, 0) is 17.7 Å². The minimum Gasteiger partial charge on any atom is -0.496 e. The lowest BCUT2D eigenvalue weighted by atomic mass is 10.1. The Morgan fingerprint density at radius 1 is 1.44 bits per heavy atom. The zero-order valence-electron chi connectivity index (χ0n) is 8.34. The number of isocyanates is 1. The second kappa shape index (κ2) is 4.81. The summed E-state index contributed by atoms with van der Waals surface area (Å²) in [6, 6.07) is 3.51. The summed E-state index contributed by atoms with van der Waals surface area (Å²) in [4.78, 5) is 13.1. The molecule has 3 nitrogen and oxygen atoms in total. The highest BCUT2D eigenvalue weighted by Crippen LogP contribution is 2.36. The summed E-state index contributed by atoms with van der Waals surface area (Å²) in [6.45, 7) is -0.128. The van der Waals surface area contributed by atoms with Crippen LogP contribution in [0.15, 0.2) is 23.2 Å². The molecule has 0 bridgehead atoms. The van der Waals surface area contributed by atoms with Crippen molar-refractivity contribution in [3.05, 3.63) is 29.3 Å². The third kappa shape index (κ3) is 2.84. The van der Waals surface area contributed by atoms with Crippen molar-refractivity contribution in [1.82, 2.24) is 0 Å². The molecule has 0 aliphatic carbocycles. The van der Waals surface area contributed by atoms with Crippen LogP contribution < -0.4 is 4.74 Å². The Hall–Kier alpha value is -1.81. The van der Waals surface area contributed by atoms with E-state index in [1.807, 2.05) is 0 Å². The highest BCUT2D eigenvalue weighted by Gasteiger charge is 2.34. The molecule has 0 spiro atoms. The Labute approximate surface area is 89.6 Å². The van der Waals surface area contributed by atoms with E-state index in [9.17, 15) is 18.0 Å². The van der Waals surface area contributed by atoms with E-state index in [1.54, 1.807) is 0 Å². The summed E-state index contributed by atoms with van der Waals surface area (Å²) in [5, 5.41) is 0. The van der Waals surface area contributed by atoms with Gasteiger partial charge in [0.15, 0.2) is 0 Å². The number of methoxy groups -OCH3 is 1. The van der Waals surface area contributed by atoms with Crippen LogP contribution in [0.1, 0.15) is 11.1 Å². The second-order valence-electron chi connectivity index (χ2n) is 2.94. The average molecular weight is 231 g/mol. The number of halogens is 3. The molecule has 0 aliphatic rings. The minimum atomic E-state index is -4.49. The first-order valence-corrected chi connectivity index (χ1v) is 4.26. The Kier molecular flexibility index (Phi) is 3.68. The van der Waals surface area contributed by atoms with E-state index in [4.69, 9.17) is 0 Å². The van der Waals surface area contributed by atoms with Gasteiger partial charge in [-0.3, -0.25) is 0 Å². The number of aliphatic imine (C=N–C) groups is 1. The van der Waals surface area contributed by atoms with Crippen molar-refractivity contribution >= 4 is 6.08 Å². The molecule has 0 aliphatic heterocycles. The quantitative estimate of drug-likeness (QED) is 0.592. The Balaban J connectivity index is 3.16. The molecule has 0 heterocycles. The number of ether oxygens (including phenoxy) is 1. The van der Waals surface area contributed by atoms with Crippen LogP contribution in [0, 0.1) is 0 Å². The number of alkyl halides is 3. The standard InChI is InChI=1S/C10H8F3NO2/c1-16-9-3-2-7(5-14-6-15)4-8(9)10(11,12)13/h2-4H,5H2,1H3. The number of benzene rings is 1. The van der Waals surface area contributed by atoms with Gasteiger partial charge < -0.3 is 4.74 Å². The first kappa shape index (κ1) is 12.3. The number of rotatable bonds is 3. The first-order valence-electron chi connectivity index (χ1n) is 4.26. The lowest BCUT2D eigenvalue weighted by Crippen LogP contribution is -2.08.